The molecule has 0 bridgehead atoms. The Morgan fingerprint density at radius 2 is 2.12 bits per heavy atom. The lowest BCUT2D eigenvalue weighted by Crippen LogP contribution is -2.11. The molecule has 0 aliphatic rings. The molecule has 16 heavy (non-hydrogen) atoms. The van der Waals surface area contributed by atoms with Gasteiger partial charge >= 0.3 is 5.51 Å². The van der Waals surface area contributed by atoms with Crippen LogP contribution in [-0.2, 0) is 0 Å². The number of aromatic nitrogens is 1. The third-order valence-corrected chi connectivity index (χ3v) is 2.94. The van der Waals surface area contributed by atoms with Gasteiger partial charge in [0.05, 0.1) is 22.0 Å². The quantitative estimate of drug-likeness (QED) is 0.838. The average molecular weight is 316 g/mol. The van der Waals surface area contributed by atoms with Crippen LogP contribution >= 0.6 is 27.7 Å². The van der Waals surface area contributed by atoms with Crippen molar-refractivity contribution in [2.24, 2.45) is 0 Å². The topological polar surface area (TPSA) is 50.9 Å². The van der Waals surface area contributed by atoms with Gasteiger partial charge in [-0.15, -0.1) is 0 Å². The number of rotatable bonds is 4. The largest absolute Gasteiger partial charge is 0.441 e. The van der Waals surface area contributed by atoms with Crippen LogP contribution in [0.3, 0.4) is 0 Å². The third kappa shape index (κ3) is 4.48. The van der Waals surface area contributed by atoms with E-state index < -0.39 is 5.51 Å². The van der Waals surface area contributed by atoms with Gasteiger partial charge in [0.25, 0.3) is 0 Å². The highest BCUT2D eigenvalue weighted by Gasteiger charge is 2.27. The predicted octanol–water partition coefficient (Wildman–Crippen LogP) is 3.09. The lowest BCUT2D eigenvalue weighted by molar-refractivity contribution is -0.0327. The van der Waals surface area contributed by atoms with E-state index >= 15 is 0 Å². The van der Waals surface area contributed by atoms with Gasteiger partial charge in [-0.3, -0.25) is 4.98 Å². The Bertz CT molecular complexity index is 339. The van der Waals surface area contributed by atoms with Crippen LogP contribution in [0.1, 0.15) is 0 Å². The zero-order valence-corrected chi connectivity index (χ0v) is 10.4. The number of nitrogen functional groups attached to an aromatic ring is 1. The minimum absolute atomic E-state index is 0.0697. The zero-order chi connectivity index (χ0) is 12.2. The Balaban J connectivity index is 2.43. The minimum atomic E-state index is -4.19. The Morgan fingerprint density at radius 3 is 2.69 bits per heavy atom. The van der Waals surface area contributed by atoms with Gasteiger partial charge < -0.3 is 11.1 Å². The molecule has 3 N–H and O–H groups in total. The third-order valence-electron chi connectivity index (χ3n) is 1.60. The second kappa shape index (κ2) is 5.62. The first-order chi connectivity index (χ1) is 7.40. The number of thioether (sulfide) groups is 1. The van der Waals surface area contributed by atoms with Crippen molar-refractivity contribution in [1.82, 2.24) is 4.98 Å². The molecule has 0 aromatic carbocycles. The monoisotopic (exact) mass is 315 g/mol. The molecular formula is C8H9BrF3N3S. The van der Waals surface area contributed by atoms with E-state index in [0.29, 0.717) is 15.8 Å². The van der Waals surface area contributed by atoms with Crippen LogP contribution in [0.15, 0.2) is 16.9 Å². The van der Waals surface area contributed by atoms with Crippen LogP contribution < -0.4 is 11.1 Å². The molecule has 0 aliphatic heterocycles. The van der Waals surface area contributed by atoms with E-state index in [-0.39, 0.29) is 24.1 Å². The summed E-state index contributed by atoms with van der Waals surface area (Å²) in [6.07, 6.45) is 2.96. The molecule has 0 unspecified atom stereocenters. The fourth-order valence-corrected chi connectivity index (χ4v) is 1.90. The SMILES string of the molecule is Nc1cncc(Br)c1NCCSC(F)(F)F. The van der Waals surface area contributed by atoms with Crippen molar-refractivity contribution in [2.45, 2.75) is 5.51 Å². The fraction of sp³-hybridized carbons (Fsp3) is 0.375. The molecule has 1 aromatic rings. The van der Waals surface area contributed by atoms with Gasteiger partial charge in [0.15, 0.2) is 0 Å². The summed E-state index contributed by atoms with van der Waals surface area (Å²) in [7, 11) is 0. The van der Waals surface area contributed by atoms with Gasteiger partial charge in [-0.25, -0.2) is 0 Å². The van der Waals surface area contributed by atoms with E-state index in [1.54, 1.807) is 0 Å². The van der Waals surface area contributed by atoms with Gasteiger partial charge in [-0.2, -0.15) is 13.2 Å². The number of halogens is 4. The molecule has 1 rings (SSSR count). The maximum atomic E-state index is 11.8. The standard InChI is InChI=1S/C8H9BrF3N3S/c9-5-3-14-4-6(13)7(5)15-1-2-16-8(10,11)12/h3-4H,1-2,13H2,(H,14,15). The van der Waals surface area contributed by atoms with E-state index in [4.69, 9.17) is 5.73 Å². The van der Waals surface area contributed by atoms with Gasteiger partial charge in [-0.05, 0) is 27.7 Å². The van der Waals surface area contributed by atoms with E-state index in [1.807, 2.05) is 0 Å². The Morgan fingerprint density at radius 1 is 1.44 bits per heavy atom. The summed E-state index contributed by atoms with van der Waals surface area (Å²) in [5.41, 5.74) is 2.38. The molecule has 0 amide bonds. The molecule has 0 saturated heterocycles. The molecule has 90 valence electrons. The Labute approximate surface area is 103 Å². The number of hydrogen-bond donors (Lipinski definition) is 2. The molecule has 0 atom stereocenters. The predicted molar refractivity (Wildman–Crippen MR) is 63.4 cm³/mol. The number of hydrogen-bond acceptors (Lipinski definition) is 4. The van der Waals surface area contributed by atoms with Crippen molar-refractivity contribution < 1.29 is 13.2 Å². The summed E-state index contributed by atoms with van der Waals surface area (Å²) >= 11 is 3.13. The van der Waals surface area contributed by atoms with Crippen molar-refractivity contribution in [2.75, 3.05) is 23.3 Å². The van der Waals surface area contributed by atoms with Crippen LogP contribution in [-0.4, -0.2) is 22.8 Å². The first-order valence-electron chi connectivity index (χ1n) is 4.23. The fourth-order valence-electron chi connectivity index (χ4n) is 0.979. The Hall–Kier alpha value is -0.630. The van der Waals surface area contributed by atoms with Gasteiger partial charge in [0.1, 0.15) is 0 Å². The van der Waals surface area contributed by atoms with Gasteiger partial charge in [-0.1, -0.05) is 0 Å². The van der Waals surface area contributed by atoms with Gasteiger partial charge in [0, 0.05) is 18.5 Å². The van der Waals surface area contributed by atoms with E-state index in [2.05, 4.69) is 26.2 Å². The summed E-state index contributed by atoms with van der Waals surface area (Å²) < 4.78 is 36.1. The molecule has 8 heteroatoms. The number of nitrogens with zero attached hydrogens (tertiary/aromatic N) is 1. The summed E-state index contributed by atoms with van der Waals surface area (Å²) in [6, 6.07) is 0. The van der Waals surface area contributed by atoms with E-state index in [1.165, 1.54) is 12.4 Å². The molecule has 0 aliphatic carbocycles. The molecular weight excluding hydrogens is 307 g/mol. The second-order valence-electron chi connectivity index (χ2n) is 2.81. The number of nitrogens with two attached hydrogens (primary N) is 1. The molecule has 1 aromatic heterocycles. The molecule has 0 spiro atoms. The van der Waals surface area contributed by atoms with Crippen molar-refractivity contribution >= 4 is 39.1 Å². The molecule has 3 nitrogen and oxygen atoms in total. The minimum Gasteiger partial charge on any atom is -0.396 e. The van der Waals surface area contributed by atoms with E-state index in [0.717, 1.165) is 0 Å². The van der Waals surface area contributed by atoms with Crippen molar-refractivity contribution in [1.29, 1.82) is 0 Å². The van der Waals surface area contributed by atoms with Crippen molar-refractivity contribution in [3.8, 4) is 0 Å². The van der Waals surface area contributed by atoms with Crippen LogP contribution in [0, 0.1) is 0 Å². The zero-order valence-electron chi connectivity index (χ0n) is 8.01. The molecule has 0 radical (unpaired) electrons. The summed E-state index contributed by atoms with van der Waals surface area (Å²) in [6.45, 7) is 0.178. The highest BCUT2D eigenvalue weighted by Crippen LogP contribution is 2.30. The van der Waals surface area contributed by atoms with Crippen LogP contribution in [0.2, 0.25) is 0 Å². The highest BCUT2D eigenvalue weighted by atomic mass is 79.9. The number of alkyl halides is 3. The number of pyridine rings is 1. The number of anilines is 2. The average Bonchev–Trinajstić information content (AvgIpc) is 2.14. The lowest BCUT2D eigenvalue weighted by atomic mass is 10.3. The van der Waals surface area contributed by atoms with Gasteiger partial charge in [0.2, 0.25) is 0 Å². The number of nitrogens with one attached hydrogen (secondary N) is 1. The Kier molecular flexibility index (Phi) is 4.72. The normalized spacial score (nSPS) is 11.5. The first-order valence-corrected chi connectivity index (χ1v) is 6.01. The van der Waals surface area contributed by atoms with Crippen LogP contribution in [0.25, 0.3) is 0 Å². The highest BCUT2D eigenvalue weighted by molar-refractivity contribution is 9.10. The molecule has 0 saturated carbocycles. The second-order valence-corrected chi connectivity index (χ2v) is 4.82. The summed E-state index contributed by atoms with van der Waals surface area (Å²) in [5, 5.41) is 2.82. The maximum Gasteiger partial charge on any atom is 0.441 e. The van der Waals surface area contributed by atoms with Crippen LogP contribution in [0.4, 0.5) is 24.5 Å². The van der Waals surface area contributed by atoms with Crippen molar-refractivity contribution in [3.05, 3.63) is 16.9 Å². The summed E-state index contributed by atoms with van der Waals surface area (Å²) in [4.78, 5) is 3.81. The lowest BCUT2D eigenvalue weighted by Gasteiger charge is -2.11. The molecule has 1 heterocycles. The molecule has 0 fully saturated rings. The smallest absolute Gasteiger partial charge is 0.396 e. The first kappa shape index (κ1) is 13.4. The van der Waals surface area contributed by atoms with Crippen LogP contribution in [0.5, 0.6) is 0 Å². The van der Waals surface area contributed by atoms with E-state index in [9.17, 15) is 13.2 Å². The summed E-state index contributed by atoms with van der Waals surface area (Å²) in [5.74, 6) is -0.0717. The van der Waals surface area contributed by atoms with Crippen molar-refractivity contribution in [3.63, 3.8) is 0 Å². The maximum absolute atomic E-state index is 11.8.